The number of nitrogens with zero attached hydrogens (tertiary/aromatic N) is 3. The van der Waals surface area contributed by atoms with Gasteiger partial charge in [0.1, 0.15) is 0 Å². The van der Waals surface area contributed by atoms with Gasteiger partial charge in [0.25, 0.3) is 0 Å². The predicted octanol–water partition coefficient (Wildman–Crippen LogP) is 11.8. The van der Waals surface area contributed by atoms with Gasteiger partial charge in [0.15, 0.2) is 0 Å². The summed E-state index contributed by atoms with van der Waals surface area (Å²) in [5.74, 6) is 0. The fourth-order valence-electron chi connectivity index (χ4n) is 7.88. The summed E-state index contributed by atoms with van der Waals surface area (Å²) in [6.07, 6.45) is 15.9. The Morgan fingerprint density at radius 3 is 2.49 bits per heavy atom. The number of nitrogens with two attached hydrogens (primary N) is 1. The second kappa shape index (κ2) is 12.5. The van der Waals surface area contributed by atoms with Crippen molar-refractivity contribution in [2.24, 2.45) is 5.73 Å². The lowest BCUT2D eigenvalue weighted by Gasteiger charge is -2.11. The van der Waals surface area contributed by atoms with Gasteiger partial charge < -0.3 is 14.9 Å². The lowest BCUT2D eigenvalue weighted by atomic mass is 10.0. The highest BCUT2D eigenvalue weighted by Gasteiger charge is 2.20. The van der Waals surface area contributed by atoms with Crippen molar-refractivity contribution in [3.8, 4) is 16.8 Å². The van der Waals surface area contributed by atoms with Gasteiger partial charge in [-0.1, -0.05) is 104 Å². The highest BCUT2D eigenvalue weighted by molar-refractivity contribution is 6.21. The number of benzene rings is 5. The average molecular weight is 659 g/mol. The third kappa shape index (κ3) is 5.19. The monoisotopic (exact) mass is 658 g/mol. The van der Waals surface area contributed by atoms with E-state index in [1.807, 2.05) is 30.5 Å². The van der Waals surface area contributed by atoms with Crippen LogP contribution in [0.2, 0.25) is 0 Å². The summed E-state index contributed by atoms with van der Waals surface area (Å²) in [5.41, 5.74) is 19.8. The lowest BCUT2D eigenvalue weighted by Crippen LogP contribution is -2.00. The molecular weight excluding hydrogens is 621 g/mol. The van der Waals surface area contributed by atoms with Crippen LogP contribution in [0.15, 0.2) is 170 Å². The quantitative estimate of drug-likeness (QED) is 0.165. The number of pyridine rings is 1. The van der Waals surface area contributed by atoms with Crippen LogP contribution >= 0.6 is 0 Å². The van der Waals surface area contributed by atoms with Crippen molar-refractivity contribution in [1.29, 1.82) is 0 Å². The number of rotatable bonds is 8. The van der Waals surface area contributed by atoms with Gasteiger partial charge in [-0.15, -0.1) is 0 Å². The lowest BCUT2D eigenvalue weighted by molar-refractivity contribution is 0.917. The Hall–Kier alpha value is -6.39. The van der Waals surface area contributed by atoms with E-state index in [-0.39, 0.29) is 0 Å². The third-order valence-electron chi connectivity index (χ3n) is 10.3. The van der Waals surface area contributed by atoms with Crippen molar-refractivity contribution in [3.05, 3.63) is 176 Å². The SMILES string of the molecule is C=C/C=C\C(=C)/C(N)=C/Cc1cccc(-n2c3ccccc3c3cc(-c4ccc5c6c7ncccc7ccc6n(C6=CCCC6)c5c4)ccc32)c1. The molecule has 5 aromatic carbocycles. The molecule has 246 valence electrons. The molecule has 0 fully saturated rings. The number of fused-ring (bicyclic) bond motifs is 8. The van der Waals surface area contributed by atoms with Crippen LogP contribution in [0.3, 0.4) is 0 Å². The van der Waals surface area contributed by atoms with Gasteiger partial charge in [-0.2, -0.15) is 0 Å². The van der Waals surface area contributed by atoms with Gasteiger partial charge >= 0.3 is 0 Å². The molecule has 1 aliphatic rings. The topological polar surface area (TPSA) is 48.8 Å². The second-order valence-electron chi connectivity index (χ2n) is 13.4. The molecule has 0 amide bonds. The van der Waals surface area contributed by atoms with Crippen LogP contribution in [-0.4, -0.2) is 14.1 Å². The number of hydrogen-bond acceptors (Lipinski definition) is 2. The summed E-state index contributed by atoms with van der Waals surface area (Å²) >= 11 is 0. The first kappa shape index (κ1) is 30.7. The first-order valence-corrected chi connectivity index (χ1v) is 17.7. The Morgan fingerprint density at radius 2 is 1.61 bits per heavy atom. The number of para-hydroxylation sites is 1. The van der Waals surface area contributed by atoms with Crippen molar-refractivity contribution < 1.29 is 0 Å². The molecule has 0 radical (unpaired) electrons. The average Bonchev–Trinajstić information content (AvgIpc) is 3.90. The van der Waals surface area contributed by atoms with E-state index in [9.17, 15) is 0 Å². The zero-order chi connectivity index (χ0) is 34.5. The largest absolute Gasteiger partial charge is 0.399 e. The van der Waals surface area contributed by atoms with Crippen molar-refractivity contribution >= 4 is 60.2 Å². The van der Waals surface area contributed by atoms with Gasteiger partial charge in [0, 0.05) is 50.2 Å². The maximum absolute atomic E-state index is 6.33. The molecule has 0 spiro atoms. The minimum absolute atomic E-state index is 0.673. The second-order valence-corrected chi connectivity index (χ2v) is 13.4. The number of hydrogen-bond donors (Lipinski definition) is 1. The molecule has 0 saturated carbocycles. The van der Waals surface area contributed by atoms with Crippen LogP contribution in [0, 0.1) is 0 Å². The minimum Gasteiger partial charge on any atom is -0.399 e. The summed E-state index contributed by atoms with van der Waals surface area (Å²) in [7, 11) is 0. The highest BCUT2D eigenvalue weighted by atomic mass is 15.0. The maximum Gasteiger partial charge on any atom is 0.0802 e. The fraction of sp³-hybridized carbons (Fsp3) is 0.0851. The first-order chi connectivity index (χ1) is 25.1. The summed E-state index contributed by atoms with van der Waals surface area (Å²) in [6, 6.07) is 40.0. The van der Waals surface area contributed by atoms with Crippen LogP contribution in [0.25, 0.3) is 77.0 Å². The Morgan fingerprint density at radius 1 is 0.765 bits per heavy atom. The van der Waals surface area contributed by atoms with E-state index in [0.29, 0.717) is 12.1 Å². The van der Waals surface area contributed by atoms with Crippen LogP contribution in [0.1, 0.15) is 24.8 Å². The Kier molecular flexibility index (Phi) is 7.51. The van der Waals surface area contributed by atoms with E-state index in [4.69, 9.17) is 10.7 Å². The Labute approximate surface area is 297 Å². The molecule has 0 aliphatic heterocycles. The summed E-state index contributed by atoms with van der Waals surface area (Å²) in [6.45, 7) is 7.81. The standard InChI is InChI=1S/C47H38N4/c1-3-4-11-31(2)41(48)24-19-32-12-9-16-37(28-32)51-42-18-8-7-17-38(42)40-29-34(22-25-43(40)51)35-20-23-39-45(30-35)50(36-14-5-6-15-36)44-26-21-33-13-10-27-49-47(33)46(39)44/h3-4,7-14,16-18,20-30H,1-2,5-6,15,19,48H2/b11-4-,41-24-. The number of allylic oxidation sites excluding steroid dienone is 6. The van der Waals surface area contributed by atoms with Gasteiger partial charge in [-0.05, 0) is 96.5 Å². The molecule has 4 heteroatoms. The smallest absolute Gasteiger partial charge is 0.0802 e. The van der Waals surface area contributed by atoms with Crippen LogP contribution in [-0.2, 0) is 6.42 Å². The molecule has 3 aromatic heterocycles. The zero-order valence-electron chi connectivity index (χ0n) is 28.5. The predicted molar refractivity (Wildman–Crippen MR) is 217 cm³/mol. The van der Waals surface area contributed by atoms with Gasteiger partial charge in [-0.25, -0.2) is 0 Å². The van der Waals surface area contributed by atoms with E-state index in [1.54, 1.807) is 6.08 Å². The molecule has 0 saturated heterocycles. The van der Waals surface area contributed by atoms with E-state index in [0.717, 1.165) is 29.6 Å². The van der Waals surface area contributed by atoms with Crippen molar-refractivity contribution in [3.63, 3.8) is 0 Å². The van der Waals surface area contributed by atoms with E-state index in [2.05, 4.69) is 131 Å². The van der Waals surface area contributed by atoms with Gasteiger partial charge in [0.2, 0.25) is 0 Å². The van der Waals surface area contributed by atoms with Crippen molar-refractivity contribution in [1.82, 2.24) is 14.1 Å². The van der Waals surface area contributed by atoms with Crippen LogP contribution < -0.4 is 5.73 Å². The molecular formula is C47H38N4. The summed E-state index contributed by atoms with van der Waals surface area (Å²) in [5, 5.41) is 6.12. The van der Waals surface area contributed by atoms with Gasteiger partial charge in [-0.3, -0.25) is 4.98 Å². The molecule has 4 nitrogen and oxygen atoms in total. The van der Waals surface area contributed by atoms with E-state index >= 15 is 0 Å². The van der Waals surface area contributed by atoms with Crippen LogP contribution in [0.4, 0.5) is 0 Å². The molecule has 1 aliphatic carbocycles. The van der Waals surface area contributed by atoms with E-state index in [1.165, 1.54) is 77.8 Å². The Bertz CT molecular complexity index is 2800. The molecule has 0 atom stereocenters. The number of aromatic nitrogens is 3. The third-order valence-corrected chi connectivity index (χ3v) is 10.3. The fourth-order valence-corrected chi connectivity index (χ4v) is 7.88. The van der Waals surface area contributed by atoms with Gasteiger partial charge in [0.05, 0.1) is 27.6 Å². The maximum atomic E-state index is 6.33. The molecule has 0 bridgehead atoms. The molecule has 8 aromatic rings. The highest BCUT2D eigenvalue weighted by Crippen LogP contribution is 2.41. The normalized spacial score (nSPS) is 13.7. The van der Waals surface area contributed by atoms with Crippen LogP contribution in [0.5, 0.6) is 0 Å². The molecule has 51 heavy (non-hydrogen) atoms. The van der Waals surface area contributed by atoms with Crippen molar-refractivity contribution in [2.45, 2.75) is 25.7 Å². The Balaban J connectivity index is 1.17. The summed E-state index contributed by atoms with van der Waals surface area (Å²) < 4.78 is 4.87. The van der Waals surface area contributed by atoms with Crippen molar-refractivity contribution in [2.75, 3.05) is 0 Å². The van der Waals surface area contributed by atoms with E-state index < -0.39 is 0 Å². The molecule has 2 N–H and O–H groups in total. The summed E-state index contributed by atoms with van der Waals surface area (Å²) in [4.78, 5) is 4.86. The molecule has 9 rings (SSSR count). The zero-order valence-corrected chi connectivity index (χ0v) is 28.5. The first-order valence-electron chi connectivity index (χ1n) is 17.7. The molecule has 3 heterocycles. The minimum atomic E-state index is 0.673. The molecule has 0 unspecified atom stereocenters.